The predicted molar refractivity (Wildman–Crippen MR) is 98.9 cm³/mol. The van der Waals surface area contributed by atoms with Crippen LogP contribution in [0.5, 0.6) is 11.5 Å². The average Bonchev–Trinajstić information content (AvgIpc) is 3.07. The third-order valence-corrected chi connectivity index (χ3v) is 3.14. The zero-order valence-electron chi connectivity index (χ0n) is 15.1. The molecule has 3 rings (SSSR count). The number of hydrogen-bond acceptors (Lipinski definition) is 3. The number of furan rings is 1. The van der Waals surface area contributed by atoms with Gasteiger partial charge in [-0.1, -0.05) is 42.0 Å². The number of ether oxygens (including phenoxy) is 2. The molecule has 0 aliphatic carbocycles. The van der Waals surface area contributed by atoms with Crippen LogP contribution in [0.3, 0.4) is 0 Å². The summed E-state index contributed by atoms with van der Waals surface area (Å²) in [5.74, 6) is 2.53. The maximum absolute atomic E-state index is 5.09. The van der Waals surface area contributed by atoms with Gasteiger partial charge in [0.25, 0.3) is 0 Å². The largest absolute Gasteiger partial charge is 0.493 e. The molecule has 0 unspecified atom stereocenters. The van der Waals surface area contributed by atoms with E-state index in [1.807, 2.05) is 62.4 Å². The lowest BCUT2D eigenvalue weighted by Gasteiger charge is -2.06. The second kappa shape index (κ2) is 10.9. The Morgan fingerprint density at radius 3 is 1.71 bits per heavy atom. The molecule has 1 heterocycles. The monoisotopic (exact) mass is 326 g/mol. The highest BCUT2D eigenvalue weighted by Gasteiger charge is 2.00. The van der Waals surface area contributed by atoms with E-state index in [1.165, 1.54) is 11.1 Å². The van der Waals surface area contributed by atoms with Crippen LogP contribution in [0.4, 0.5) is 0 Å². The fourth-order valence-electron chi connectivity index (χ4n) is 1.84. The minimum absolute atomic E-state index is 0.776. The second-order valence-electron chi connectivity index (χ2n) is 5.24. The van der Waals surface area contributed by atoms with Gasteiger partial charge in [0.1, 0.15) is 5.76 Å². The maximum atomic E-state index is 5.09. The van der Waals surface area contributed by atoms with Crippen molar-refractivity contribution in [3.05, 3.63) is 83.8 Å². The Morgan fingerprint density at radius 2 is 1.33 bits per heavy atom. The van der Waals surface area contributed by atoms with Crippen LogP contribution >= 0.6 is 0 Å². The molecular weight excluding hydrogens is 300 g/mol. The van der Waals surface area contributed by atoms with Crippen LogP contribution in [-0.2, 0) is 0 Å². The SMILES string of the molecule is COc1ccc(C)cc1OC.Cc1ccccc1.Cc1ccco1. The van der Waals surface area contributed by atoms with Gasteiger partial charge in [0.05, 0.1) is 20.5 Å². The van der Waals surface area contributed by atoms with Crippen molar-refractivity contribution in [3.63, 3.8) is 0 Å². The highest BCUT2D eigenvalue weighted by molar-refractivity contribution is 5.42. The standard InChI is InChI=1S/C9H12O2.C7H8.C5H6O/c1-7-4-5-8(10-2)9(6-7)11-3;1-7-5-3-2-4-6-7;1-5-3-2-4-6-5/h4-6H,1-3H3;2-6H,1H3;2-4H,1H3. The van der Waals surface area contributed by atoms with Crippen LogP contribution in [0.2, 0.25) is 0 Å². The predicted octanol–water partition coefficient (Wildman–Crippen LogP) is 5.60. The molecule has 0 aliphatic rings. The zero-order valence-corrected chi connectivity index (χ0v) is 15.1. The topological polar surface area (TPSA) is 31.6 Å². The van der Waals surface area contributed by atoms with Crippen LogP contribution in [0.25, 0.3) is 0 Å². The van der Waals surface area contributed by atoms with Gasteiger partial charge in [0.2, 0.25) is 0 Å². The third kappa shape index (κ3) is 7.54. The van der Waals surface area contributed by atoms with Gasteiger partial charge >= 0.3 is 0 Å². The number of aryl methyl sites for hydroxylation is 3. The highest BCUT2D eigenvalue weighted by Crippen LogP contribution is 2.26. The molecule has 0 bridgehead atoms. The lowest BCUT2D eigenvalue weighted by atomic mass is 10.2. The number of hydrogen-bond donors (Lipinski definition) is 0. The van der Waals surface area contributed by atoms with E-state index in [-0.39, 0.29) is 0 Å². The van der Waals surface area contributed by atoms with E-state index >= 15 is 0 Å². The van der Waals surface area contributed by atoms with Gasteiger partial charge in [0.15, 0.2) is 11.5 Å². The first-order chi connectivity index (χ1) is 11.6. The van der Waals surface area contributed by atoms with Crippen molar-refractivity contribution >= 4 is 0 Å². The van der Waals surface area contributed by atoms with Crippen LogP contribution < -0.4 is 9.47 Å². The maximum Gasteiger partial charge on any atom is 0.160 e. The summed E-state index contributed by atoms with van der Waals surface area (Å²) < 4.78 is 15.0. The zero-order chi connectivity index (χ0) is 17.8. The first kappa shape index (κ1) is 19.4. The second-order valence-corrected chi connectivity index (χ2v) is 5.24. The van der Waals surface area contributed by atoms with Gasteiger partial charge in [0, 0.05) is 0 Å². The summed E-state index contributed by atoms with van der Waals surface area (Å²) in [7, 11) is 3.27. The number of rotatable bonds is 2. The van der Waals surface area contributed by atoms with Gasteiger partial charge in [-0.05, 0) is 50.6 Å². The molecule has 1 aromatic heterocycles. The summed E-state index contributed by atoms with van der Waals surface area (Å²) in [5, 5.41) is 0. The molecule has 0 spiro atoms. The molecule has 3 nitrogen and oxygen atoms in total. The van der Waals surface area contributed by atoms with Crippen molar-refractivity contribution in [2.45, 2.75) is 20.8 Å². The lowest BCUT2D eigenvalue weighted by Crippen LogP contribution is -1.90. The van der Waals surface area contributed by atoms with E-state index in [0.29, 0.717) is 0 Å². The molecule has 0 radical (unpaired) electrons. The van der Waals surface area contributed by atoms with Crippen molar-refractivity contribution in [3.8, 4) is 11.5 Å². The van der Waals surface area contributed by atoms with E-state index in [9.17, 15) is 0 Å². The summed E-state index contributed by atoms with van der Waals surface area (Å²) in [6.45, 7) is 6.02. The van der Waals surface area contributed by atoms with Crippen molar-refractivity contribution in [2.75, 3.05) is 14.2 Å². The molecule has 24 heavy (non-hydrogen) atoms. The summed E-state index contributed by atoms with van der Waals surface area (Å²) in [4.78, 5) is 0. The van der Waals surface area contributed by atoms with Gasteiger partial charge < -0.3 is 13.9 Å². The Bertz CT molecular complexity index is 674. The van der Waals surface area contributed by atoms with E-state index in [1.54, 1.807) is 20.5 Å². The quantitative estimate of drug-likeness (QED) is 0.614. The van der Waals surface area contributed by atoms with Gasteiger partial charge in [-0.2, -0.15) is 0 Å². The summed E-state index contributed by atoms with van der Waals surface area (Å²) in [5.41, 5.74) is 2.49. The van der Waals surface area contributed by atoms with Crippen LogP contribution in [0.1, 0.15) is 16.9 Å². The molecule has 2 aromatic carbocycles. The molecular formula is C21H26O3. The van der Waals surface area contributed by atoms with Crippen LogP contribution in [-0.4, -0.2) is 14.2 Å². The molecule has 0 amide bonds. The van der Waals surface area contributed by atoms with Crippen molar-refractivity contribution in [1.29, 1.82) is 0 Å². The number of benzene rings is 2. The molecule has 0 atom stereocenters. The van der Waals surface area contributed by atoms with E-state index in [2.05, 4.69) is 19.1 Å². The first-order valence-electron chi connectivity index (χ1n) is 7.77. The van der Waals surface area contributed by atoms with Crippen LogP contribution in [0, 0.1) is 20.8 Å². The molecule has 0 aliphatic heterocycles. The molecule has 0 fully saturated rings. The third-order valence-electron chi connectivity index (χ3n) is 3.14. The minimum Gasteiger partial charge on any atom is -0.493 e. The number of methoxy groups -OCH3 is 2. The molecule has 3 heteroatoms. The fourth-order valence-corrected chi connectivity index (χ4v) is 1.84. The Balaban J connectivity index is 0.000000191. The van der Waals surface area contributed by atoms with Crippen LogP contribution in [0.15, 0.2) is 71.3 Å². The summed E-state index contributed by atoms with van der Waals surface area (Å²) in [6, 6.07) is 19.9. The lowest BCUT2D eigenvalue weighted by molar-refractivity contribution is 0.354. The Labute approximate surface area is 144 Å². The Hall–Kier alpha value is -2.68. The molecule has 0 saturated carbocycles. The summed E-state index contributed by atoms with van der Waals surface area (Å²) >= 11 is 0. The molecule has 3 aromatic rings. The Kier molecular flexibility index (Phi) is 8.84. The van der Waals surface area contributed by atoms with Crippen molar-refractivity contribution < 1.29 is 13.9 Å². The van der Waals surface area contributed by atoms with E-state index in [4.69, 9.17) is 13.9 Å². The van der Waals surface area contributed by atoms with Gasteiger partial charge in [-0.3, -0.25) is 0 Å². The smallest absolute Gasteiger partial charge is 0.160 e. The average molecular weight is 326 g/mol. The Morgan fingerprint density at radius 1 is 0.667 bits per heavy atom. The highest BCUT2D eigenvalue weighted by atomic mass is 16.5. The van der Waals surface area contributed by atoms with E-state index < -0.39 is 0 Å². The van der Waals surface area contributed by atoms with Crippen molar-refractivity contribution in [1.82, 2.24) is 0 Å². The summed E-state index contributed by atoms with van der Waals surface area (Å²) in [6.07, 6.45) is 1.66. The van der Waals surface area contributed by atoms with Gasteiger partial charge in [-0.25, -0.2) is 0 Å². The van der Waals surface area contributed by atoms with Gasteiger partial charge in [-0.15, -0.1) is 0 Å². The van der Waals surface area contributed by atoms with E-state index in [0.717, 1.165) is 17.3 Å². The molecule has 128 valence electrons. The molecule has 0 saturated heterocycles. The normalized spacial score (nSPS) is 9.04. The molecule has 0 N–H and O–H groups in total. The first-order valence-corrected chi connectivity index (χ1v) is 7.77. The minimum atomic E-state index is 0.776. The fraction of sp³-hybridized carbons (Fsp3) is 0.238. The van der Waals surface area contributed by atoms with Crippen molar-refractivity contribution in [2.24, 2.45) is 0 Å².